The molecule has 0 bridgehead atoms. The van der Waals surface area contributed by atoms with Crippen LogP contribution in [0.1, 0.15) is 30.1 Å². The van der Waals surface area contributed by atoms with E-state index in [1.54, 1.807) is 6.26 Å². The van der Waals surface area contributed by atoms with Gasteiger partial charge in [0.1, 0.15) is 5.76 Å². The first-order chi connectivity index (χ1) is 11.3. The average Bonchev–Trinajstić information content (AvgIpc) is 3.24. The van der Waals surface area contributed by atoms with E-state index in [1.807, 2.05) is 42.5 Å². The summed E-state index contributed by atoms with van der Waals surface area (Å²) in [6.45, 7) is 0.420. The number of nitriles is 2. The Morgan fingerprint density at radius 1 is 1.09 bits per heavy atom. The van der Waals surface area contributed by atoms with Gasteiger partial charge in [-0.3, -0.25) is 0 Å². The average molecular weight is 304 g/mol. The maximum absolute atomic E-state index is 9.74. The van der Waals surface area contributed by atoms with Crippen LogP contribution in [0.4, 0.5) is 0 Å². The Balaban J connectivity index is 1.62. The molecule has 0 radical (unpaired) electrons. The number of nitrogens with zero attached hydrogens (tertiary/aromatic N) is 2. The normalized spacial score (nSPS) is 26.0. The molecule has 23 heavy (non-hydrogen) atoms. The van der Waals surface area contributed by atoms with Crippen molar-refractivity contribution in [2.24, 2.45) is 10.8 Å². The fraction of sp³-hybridized carbons (Fsp3) is 0.368. The summed E-state index contributed by atoms with van der Waals surface area (Å²) >= 11 is 0. The van der Waals surface area contributed by atoms with E-state index >= 15 is 0 Å². The van der Waals surface area contributed by atoms with Crippen molar-refractivity contribution in [1.29, 1.82) is 10.5 Å². The van der Waals surface area contributed by atoms with Crippen LogP contribution >= 0.6 is 0 Å². The van der Waals surface area contributed by atoms with Gasteiger partial charge in [0.2, 0.25) is 0 Å². The predicted octanol–water partition coefficient (Wildman–Crippen LogP) is 3.78. The van der Waals surface area contributed by atoms with Crippen molar-refractivity contribution in [3.8, 4) is 12.1 Å². The zero-order valence-electron chi connectivity index (χ0n) is 12.6. The Labute approximate surface area is 134 Å². The molecule has 4 rings (SSSR count). The minimum atomic E-state index is -1.16. The minimum absolute atomic E-state index is 0.113. The number of rotatable bonds is 4. The van der Waals surface area contributed by atoms with Crippen LogP contribution in [0.15, 0.2) is 53.1 Å². The van der Waals surface area contributed by atoms with E-state index in [2.05, 4.69) is 12.1 Å². The minimum Gasteiger partial charge on any atom is -0.469 e. The molecular formula is C19H16N2O2. The summed E-state index contributed by atoms with van der Waals surface area (Å²) in [7, 11) is 0. The van der Waals surface area contributed by atoms with Crippen molar-refractivity contribution in [3.63, 3.8) is 0 Å². The smallest absolute Gasteiger partial charge is 0.180 e. The van der Waals surface area contributed by atoms with E-state index in [0.717, 1.165) is 24.2 Å². The van der Waals surface area contributed by atoms with Crippen LogP contribution in [0, 0.1) is 33.5 Å². The van der Waals surface area contributed by atoms with Gasteiger partial charge in [-0.05, 0) is 30.5 Å². The van der Waals surface area contributed by atoms with Crippen molar-refractivity contribution in [3.05, 3.63) is 60.1 Å². The molecule has 2 aromatic rings. The highest BCUT2D eigenvalue weighted by Gasteiger charge is 2.79. The monoisotopic (exact) mass is 304 g/mol. The Morgan fingerprint density at radius 2 is 1.83 bits per heavy atom. The second-order valence-corrected chi connectivity index (χ2v) is 6.45. The van der Waals surface area contributed by atoms with Gasteiger partial charge >= 0.3 is 0 Å². The molecule has 0 saturated heterocycles. The molecule has 1 aromatic carbocycles. The fourth-order valence-corrected chi connectivity index (χ4v) is 4.09. The number of benzene rings is 1. The highest BCUT2D eigenvalue weighted by Crippen LogP contribution is 2.76. The van der Waals surface area contributed by atoms with Crippen LogP contribution in [0.25, 0.3) is 0 Å². The molecule has 1 heterocycles. The first-order valence-corrected chi connectivity index (χ1v) is 7.78. The lowest BCUT2D eigenvalue weighted by Crippen LogP contribution is -2.60. The van der Waals surface area contributed by atoms with Crippen LogP contribution < -0.4 is 0 Å². The zero-order valence-corrected chi connectivity index (χ0v) is 12.6. The fourth-order valence-electron chi connectivity index (χ4n) is 4.09. The molecular weight excluding hydrogens is 288 g/mol. The molecule has 4 heteroatoms. The molecule has 0 amide bonds. The Morgan fingerprint density at radius 3 is 2.39 bits per heavy atom. The van der Waals surface area contributed by atoms with E-state index in [1.165, 1.54) is 0 Å². The molecule has 2 saturated carbocycles. The van der Waals surface area contributed by atoms with Gasteiger partial charge in [-0.15, -0.1) is 0 Å². The summed E-state index contributed by atoms with van der Waals surface area (Å²) in [6.07, 6.45) is 3.19. The van der Waals surface area contributed by atoms with Crippen LogP contribution in [-0.2, 0) is 11.3 Å². The summed E-state index contributed by atoms with van der Waals surface area (Å²) in [5, 5.41) is 19.5. The number of hydrogen-bond donors (Lipinski definition) is 0. The van der Waals surface area contributed by atoms with E-state index < -0.39 is 5.41 Å². The molecule has 114 valence electrons. The molecule has 0 unspecified atom stereocenters. The molecule has 2 fully saturated rings. The lowest BCUT2D eigenvalue weighted by molar-refractivity contribution is -0.151. The SMILES string of the molecule is N#CC1(C#N)[C@H](OCc2ccccc2)C2(CC2)[C@H]1c1ccco1. The Bertz CT molecular complexity index is 765. The number of hydrogen-bond acceptors (Lipinski definition) is 4. The highest BCUT2D eigenvalue weighted by atomic mass is 16.5. The van der Waals surface area contributed by atoms with Crippen molar-refractivity contribution in [2.75, 3.05) is 0 Å². The lowest BCUT2D eigenvalue weighted by atomic mass is 9.49. The third-order valence-corrected chi connectivity index (χ3v) is 5.25. The summed E-state index contributed by atoms with van der Waals surface area (Å²) in [5.41, 5.74) is -0.226. The van der Waals surface area contributed by atoms with E-state index in [-0.39, 0.29) is 17.4 Å². The number of furan rings is 1. The molecule has 0 N–H and O–H groups in total. The van der Waals surface area contributed by atoms with Crippen molar-refractivity contribution in [2.45, 2.75) is 31.5 Å². The second-order valence-electron chi connectivity index (χ2n) is 6.45. The molecule has 2 atom stereocenters. The Kier molecular flexibility index (Phi) is 3.04. The van der Waals surface area contributed by atoms with E-state index in [0.29, 0.717) is 6.61 Å². The summed E-state index contributed by atoms with van der Waals surface area (Å²) in [4.78, 5) is 0. The topological polar surface area (TPSA) is 70.0 Å². The van der Waals surface area contributed by atoms with Gasteiger partial charge in [-0.1, -0.05) is 30.3 Å². The van der Waals surface area contributed by atoms with Gasteiger partial charge in [-0.2, -0.15) is 10.5 Å². The van der Waals surface area contributed by atoms with Gasteiger partial charge in [-0.25, -0.2) is 0 Å². The maximum atomic E-state index is 9.74. The number of ether oxygens (including phenoxy) is 1. The lowest BCUT2D eigenvalue weighted by Gasteiger charge is -2.53. The van der Waals surface area contributed by atoms with Gasteiger partial charge in [0.25, 0.3) is 0 Å². The van der Waals surface area contributed by atoms with E-state index in [9.17, 15) is 10.5 Å². The Hall–Kier alpha value is -2.56. The highest BCUT2D eigenvalue weighted by molar-refractivity contribution is 5.44. The molecule has 1 aromatic heterocycles. The summed E-state index contributed by atoms with van der Waals surface area (Å²) in [5.74, 6) is 0.533. The van der Waals surface area contributed by atoms with Crippen molar-refractivity contribution >= 4 is 0 Å². The van der Waals surface area contributed by atoms with Crippen LogP contribution in [0.3, 0.4) is 0 Å². The van der Waals surface area contributed by atoms with Crippen molar-refractivity contribution < 1.29 is 9.15 Å². The van der Waals surface area contributed by atoms with Crippen LogP contribution in [0.2, 0.25) is 0 Å². The third-order valence-electron chi connectivity index (χ3n) is 5.25. The van der Waals surface area contributed by atoms with Gasteiger partial charge < -0.3 is 9.15 Å². The van der Waals surface area contributed by atoms with Crippen LogP contribution in [-0.4, -0.2) is 6.10 Å². The molecule has 4 nitrogen and oxygen atoms in total. The van der Waals surface area contributed by atoms with Crippen LogP contribution in [0.5, 0.6) is 0 Å². The largest absolute Gasteiger partial charge is 0.469 e. The molecule has 2 aliphatic carbocycles. The first-order valence-electron chi connectivity index (χ1n) is 7.78. The quantitative estimate of drug-likeness (QED) is 0.862. The van der Waals surface area contributed by atoms with Gasteiger partial charge in [0, 0.05) is 5.41 Å². The molecule has 1 spiro atoms. The predicted molar refractivity (Wildman–Crippen MR) is 81.8 cm³/mol. The molecule has 2 aliphatic rings. The van der Waals surface area contributed by atoms with Gasteiger partial charge in [0.05, 0.1) is 37.0 Å². The first kappa shape index (κ1) is 14.1. The molecule has 0 aliphatic heterocycles. The second kappa shape index (κ2) is 4.98. The zero-order chi connectivity index (χ0) is 15.9. The van der Waals surface area contributed by atoms with E-state index in [4.69, 9.17) is 9.15 Å². The summed E-state index contributed by atoms with van der Waals surface area (Å²) in [6, 6.07) is 18.0. The third kappa shape index (κ3) is 1.86. The standard InChI is InChI=1S/C19H16N2O2/c20-12-19(13-21)16(15-7-4-10-22-15)18(8-9-18)17(19)23-11-14-5-2-1-3-6-14/h1-7,10,16-17H,8-9,11H2/t16-,17-/m1/s1. The maximum Gasteiger partial charge on any atom is 0.180 e. The van der Waals surface area contributed by atoms with Gasteiger partial charge in [0.15, 0.2) is 5.41 Å². The summed E-state index contributed by atoms with van der Waals surface area (Å²) < 4.78 is 11.6. The van der Waals surface area contributed by atoms with Crippen molar-refractivity contribution in [1.82, 2.24) is 0 Å².